The molecule has 0 amide bonds. The summed E-state index contributed by atoms with van der Waals surface area (Å²) in [5.41, 5.74) is 3.62. The molecule has 0 aliphatic rings. The van der Waals surface area contributed by atoms with Crippen LogP contribution < -0.4 is 5.32 Å². The molecular weight excluding hydrogens is 349 g/mol. The van der Waals surface area contributed by atoms with Crippen molar-refractivity contribution in [2.24, 2.45) is 7.05 Å². The summed E-state index contributed by atoms with van der Waals surface area (Å²) >= 11 is 2.36. The van der Waals surface area contributed by atoms with Crippen LogP contribution in [-0.4, -0.2) is 15.3 Å². The van der Waals surface area contributed by atoms with Crippen LogP contribution in [0.2, 0.25) is 0 Å². The van der Waals surface area contributed by atoms with Gasteiger partial charge in [0.25, 0.3) is 0 Å². The number of benzene rings is 1. The second-order valence-corrected chi connectivity index (χ2v) is 6.92. The van der Waals surface area contributed by atoms with Crippen molar-refractivity contribution in [2.75, 3.05) is 0 Å². The normalized spacial score (nSPS) is 11.8. The third-order valence-corrected chi connectivity index (χ3v) is 3.78. The van der Waals surface area contributed by atoms with E-state index in [1.807, 2.05) is 11.7 Å². The van der Waals surface area contributed by atoms with E-state index in [0.29, 0.717) is 0 Å². The molecule has 0 atom stereocenters. The minimum absolute atomic E-state index is 0.108. The van der Waals surface area contributed by atoms with Crippen LogP contribution in [0.5, 0.6) is 0 Å². The highest BCUT2D eigenvalue weighted by Gasteiger charge is 2.15. The number of halogens is 1. The highest BCUT2D eigenvalue weighted by molar-refractivity contribution is 14.1. The Kier molecular flexibility index (Phi) is 4.30. The second-order valence-electron chi connectivity index (χ2n) is 5.76. The van der Waals surface area contributed by atoms with Gasteiger partial charge < -0.3 is 5.32 Å². The fourth-order valence-corrected chi connectivity index (χ4v) is 2.55. The third kappa shape index (κ3) is 3.79. The number of nitrogens with one attached hydrogen (secondary N) is 1. The summed E-state index contributed by atoms with van der Waals surface area (Å²) in [7, 11) is 1.97. The number of hydrogen-bond acceptors (Lipinski definition) is 2. The van der Waals surface area contributed by atoms with Gasteiger partial charge in [-0.2, -0.15) is 5.10 Å². The summed E-state index contributed by atoms with van der Waals surface area (Å²) in [6, 6.07) is 8.37. The number of aromatic nitrogens is 2. The molecule has 2 aromatic rings. The first-order valence-corrected chi connectivity index (χ1v) is 7.47. The van der Waals surface area contributed by atoms with E-state index in [1.165, 1.54) is 14.7 Å². The molecule has 19 heavy (non-hydrogen) atoms. The number of aryl methyl sites for hydroxylation is 1. The van der Waals surface area contributed by atoms with Crippen LogP contribution in [0.3, 0.4) is 0 Å². The SMILES string of the molecule is Cn1cc(CNC(C)(C)C)c(-c2ccccc2I)n1. The zero-order valence-corrected chi connectivity index (χ0v) is 14.0. The van der Waals surface area contributed by atoms with Gasteiger partial charge in [-0.05, 0) is 49.4 Å². The first kappa shape index (κ1) is 14.5. The Morgan fingerprint density at radius 1 is 1.26 bits per heavy atom. The average Bonchev–Trinajstić information content (AvgIpc) is 2.67. The van der Waals surface area contributed by atoms with E-state index in [1.54, 1.807) is 0 Å². The smallest absolute Gasteiger partial charge is 0.0978 e. The number of nitrogens with zero attached hydrogens (tertiary/aromatic N) is 2. The van der Waals surface area contributed by atoms with Gasteiger partial charge in [0.15, 0.2) is 0 Å². The van der Waals surface area contributed by atoms with Crippen molar-refractivity contribution < 1.29 is 0 Å². The molecule has 0 spiro atoms. The highest BCUT2D eigenvalue weighted by atomic mass is 127. The van der Waals surface area contributed by atoms with Crippen molar-refractivity contribution in [3.05, 3.63) is 39.6 Å². The molecule has 0 aliphatic heterocycles. The summed E-state index contributed by atoms with van der Waals surface area (Å²) in [5, 5.41) is 8.14. The van der Waals surface area contributed by atoms with Crippen molar-refractivity contribution >= 4 is 22.6 Å². The zero-order chi connectivity index (χ0) is 14.0. The van der Waals surface area contributed by atoms with Crippen molar-refractivity contribution in [1.29, 1.82) is 0 Å². The van der Waals surface area contributed by atoms with E-state index < -0.39 is 0 Å². The minimum atomic E-state index is 0.108. The van der Waals surface area contributed by atoms with Gasteiger partial charge in [-0.3, -0.25) is 4.68 Å². The Hall–Kier alpha value is -0.880. The van der Waals surface area contributed by atoms with Gasteiger partial charge in [0.05, 0.1) is 5.69 Å². The van der Waals surface area contributed by atoms with E-state index in [2.05, 4.69) is 84.2 Å². The minimum Gasteiger partial charge on any atom is -0.308 e. The zero-order valence-electron chi connectivity index (χ0n) is 11.9. The van der Waals surface area contributed by atoms with Gasteiger partial charge in [0.2, 0.25) is 0 Å². The molecule has 4 heteroatoms. The Bertz CT molecular complexity index is 567. The van der Waals surface area contributed by atoms with Gasteiger partial charge in [0.1, 0.15) is 0 Å². The molecule has 0 saturated heterocycles. The van der Waals surface area contributed by atoms with E-state index >= 15 is 0 Å². The fraction of sp³-hybridized carbons (Fsp3) is 0.400. The molecule has 1 aromatic carbocycles. The van der Waals surface area contributed by atoms with Crippen LogP contribution in [0.15, 0.2) is 30.5 Å². The number of hydrogen-bond donors (Lipinski definition) is 1. The highest BCUT2D eigenvalue weighted by Crippen LogP contribution is 2.26. The summed E-state index contributed by atoms with van der Waals surface area (Å²) in [5.74, 6) is 0. The average molecular weight is 369 g/mol. The van der Waals surface area contributed by atoms with E-state index in [9.17, 15) is 0 Å². The molecule has 102 valence electrons. The van der Waals surface area contributed by atoms with Crippen molar-refractivity contribution in [1.82, 2.24) is 15.1 Å². The largest absolute Gasteiger partial charge is 0.308 e. The summed E-state index contributed by atoms with van der Waals surface area (Å²) in [6.07, 6.45) is 2.09. The van der Waals surface area contributed by atoms with Crippen LogP contribution in [-0.2, 0) is 13.6 Å². The lowest BCUT2D eigenvalue weighted by Gasteiger charge is -2.20. The molecule has 0 aliphatic carbocycles. The molecule has 1 heterocycles. The van der Waals surface area contributed by atoms with Gasteiger partial charge >= 0.3 is 0 Å². The molecule has 2 rings (SSSR count). The van der Waals surface area contributed by atoms with Crippen LogP contribution >= 0.6 is 22.6 Å². The lowest BCUT2D eigenvalue weighted by atomic mass is 10.1. The maximum absolute atomic E-state index is 4.61. The van der Waals surface area contributed by atoms with E-state index in [4.69, 9.17) is 0 Å². The summed E-state index contributed by atoms with van der Waals surface area (Å²) in [4.78, 5) is 0. The van der Waals surface area contributed by atoms with Gasteiger partial charge in [-0.1, -0.05) is 18.2 Å². The van der Waals surface area contributed by atoms with Crippen LogP contribution in [0.4, 0.5) is 0 Å². The van der Waals surface area contributed by atoms with Crippen molar-refractivity contribution in [3.63, 3.8) is 0 Å². The monoisotopic (exact) mass is 369 g/mol. The van der Waals surface area contributed by atoms with Gasteiger partial charge in [-0.25, -0.2) is 0 Å². The predicted octanol–water partition coefficient (Wildman–Crippen LogP) is 3.58. The fourth-order valence-electron chi connectivity index (χ4n) is 1.91. The molecule has 0 unspecified atom stereocenters. The molecule has 0 fully saturated rings. The maximum atomic E-state index is 4.61. The molecule has 0 saturated carbocycles. The third-order valence-electron chi connectivity index (χ3n) is 2.84. The molecule has 0 bridgehead atoms. The van der Waals surface area contributed by atoms with Crippen LogP contribution in [0.25, 0.3) is 11.3 Å². The Morgan fingerprint density at radius 2 is 1.95 bits per heavy atom. The quantitative estimate of drug-likeness (QED) is 0.839. The lowest BCUT2D eigenvalue weighted by Crippen LogP contribution is -2.35. The molecule has 3 nitrogen and oxygen atoms in total. The Labute approximate surface area is 128 Å². The molecular formula is C15H20IN3. The first-order valence-electron chi connectivity index (χ1n) is 6.39. The van der Waals surface area contributed by atoms with Crippen molar-refractivity contribution in [2.45, 2.75) is 32.9 Å². The lowest BCUT2D eigenvalue weighted by molar-refractivity contribution is 0.424. The molecule has 0 radical (unpaired) electrons. The van der Waals surface area contributed by atoms with Gasteiger partial charge in [-0.15, -0.1) is 0 Å². The topological polar surface area (TPSA) is 29.9 Å². The standard InChI is InChI=1S/C15H20IN3/c1-15(2,3)17-9-11-10-19(4)18-14(11)12-7-5-6-8-13(12)16/h5-8,10,17H,9H2,1-4H3. The molecule has 1 aromatic heterocycles. The summed E-state index contributed by atoms with van der Waals surface area (Å²) < 4.78 is 3.12. The van der Waals surface area contributed by atoms with Crippen LogP contribution in [0, 0.1) is 3.57 Å². The molecule has 1 N–H and O–H groups in total. The number of rotatable bonds is 3. The van der Waals surface area contributed by atoms with Crippen molar-refractivity contribution in [3.8, 4) is 11.3 Å². The second kappa shape index (κ2) is 5.63. The predicted molar refractivity (Wildman–Crippen MR) is 88.0 cm³/mol. The maximum Gasteiger partial charge on any atom is 0.0978 e. The van der Waals surface area contributed by atoms with Crippen LogP contribution in [0.1, 0.15) is 26.3 Å². The first-order chi connectivity index (χ1) is 8.87. The Morgan fingerprint density at radius 3 is 2.58 bits per heavy atom. The van der Waals surface area contributed by atoms with E-state index in [0.717, 1.165) is 12.2 Å². The summed E-state index contributed by atoms with van der Waals surface area (Å²) in [6.45, 7) is 7.36. The van der Waals surface area contributed by atoms with Gasteiger partial charge in [0, 0.05) is 40.0 Å². The Balaban J connectivity index is 2.34. The van der Waals surface area contributed by atoms with E-state index in [-0.39, 0.29) is 5.54 Å².